The number of nitrogens with zero attached hydrogens (tertiary/aromatic N) is 7. The van der Waals surface area contributed by atoms with Crippen LogP contribution in [0.5, 0.6) is 0 Å². The molecule has 1 aliphatic rings. The number of rotatable bonds is 5. The number of halogens is 2. The monoisotopic (exact) mass is 537 g/mol. The van der Waals surface area contributed by atoms with Crippen LogP contribution >= 0.6 is 22.9 Å². The molecule has 2 atom stereocenters. The maximum absolute atomic E-state index is 15.0. The number of hydrogen-bond acceptors (Lipinski definition) is 8. The average molecular weight is 538 g/mol. The lowest BCUT2D eigenvalue weighted by Gasteiger charge is -2.37. The second kappa shape index (κ2) is 9.61. The maximum atomic E-state index is 15.0. The van der Waals surface area contributed by atoms with Gasteiger partial charge in [0.2, 0.25) is 0 Å². The van der Waals surface area contributed by atoms with E-state index in [9.17, 15) is 9.18 Å². The van der Waals surface area contributed by atoms with Crippen LogP contribution in [0.3, 0.4) is 0 Å². The molecule has 5 aromatic rings. The molecule has 1 fully saturated rings. The van der Waals surface area contributed by atoms with Crippen LogP contribution in [0.25, 0.3) is 33.9 Å². The first kappa shape index (κ1) is 23.6. The number of carbonyl (C=O) groups is 1. The molecule has 10 nitrogen and oxygen atoms in total. The number of likely N-dealkylation sites (N-methyl/N-ethyl adjacent to an activating group) is 1. The van der Waals surface area contributed by atoms with Gasteiger partial charge < -0.3 is 14.8 Å². The third kappa shape index (κ3) is 4.59. The molecule has 0 radical (unpaired) electrons. The van der Waals surface area contributed by atoms with E-state index in [1.165, 1.54) is 18.6 Å². The van der Waals surface area contributed by atoms with E-state index in [-0.39, 0.29) is 23.8 Å². The molecular formula is C24H21ClFN9OS. The molecule has 4 aromatic heterocycles. The number of benzene rings is 1. The van der Waals surface area contributed by atoms with Gasteiger partial charge in [-0.05, 0) is 31.7 Å². The van der Waals surface area contributed by atoms with Gasteiger partial charge in [0.1, 0.15) is 33.5 Å². The van der Waals surface area contributed by atoms with Crippen molar-refractivity contribution in [3.05, 3.63) is 64.2 Å². The van der Waals surface area contributed by atoms with E-state index in [2.05, 4.69) is 35.4 Å². The van der Waals surface area contributed by atoms with Gasteiger partial charge in [-0.15, -0.1) is 0 Å². The minimum atomic E-state index is -0.364. The highest BCUT2D eigenvalue weighted by molar-refractivity contribution is 7.17. The lowest BCUT2D eigenvalue weighted by atomic mass is 10.00. The van der Waals surface area contributed by atoms with Gasteiger partial charge in [0, 0.05) is 19.1 Å². The van der Waals surface area contributed by atoms with Crippen LogP contribution in [-0.2, 0) is 0 Å². The fraction of sp³-hybridized carbons (Fsp3) is 0.250. The number of fused-ring (bicyclic) bond motifs is 1. The van der Waals surface area contributed by atoms with E-state index in [1.54, 1.807) is 24.4 Å². The Bertz CT molecular complexity index is 1580. The summed E-state index contributed by atoms with van der Waals surface area (Å²) in [6.45, 7) is 1.34. The van der Waals surface area contributed by atoms with Gasteiger partial charge in [-0.2, -0.15) is 5.10 Å². The van der Waals surface area contributed by atoms with Crippen molar-refractivity contribution in [3.8, 4) is 22.9 Å². The quantitative estimate of drug-likeness (QED) is 0.350. The van der Waals surface area contributed by atoms with Crippen LogP contribution in [0.2, 0.25) is 4.34 Å². The largest absolute Gasteiger partial charge is 0.346 e. The zero-order valence-corrected chi connectivity index (χ0v) is 21.2. The predicted octanol–water partition coefficient (Wildman–Crippen LogP) is 3.81. The SMILES string of the molecule is CN1CC(NC(=O)c2ncc(Cl)s2)C[C@H](n2c(-c3ccccc3F)nc3cnc(-c4ncn[nH]4)cc32)C1. The molecule has 1 unspecified atom stereocenters. The predicted molar refractivity (Wildman–Crippen MR) is 138 cm³/mol. The van der Waals surface area contributed by atoms with Crippen LogP contribution in [0.4, 0.5) is 4.39 Å². The first-order valence-electron chi connectivity index (χ1n) is 11.6. The second-order valence-electron chi connectivity index (χ2n) is 8.93. The standard InChI is InChI=1S/C24H21ClFN9OS/c1-34-10-13(31-23(36)24-28-9-20(25)37-24)6-14(11-34)35-19-7-17(21-29-12-30-33-21)27-8-18(19)32-22(35)15-4-2-3-5-16(15)26/h2-5,7-9,12-14H,6,10-11H2,1H3,(H,31,36)(H,29,30,33)/t13?,14-/m0/s1. The molecule has 0 spiro atoms. The number of thiazole rings is 1. The molecule has 37 heavy (non-hydrogen) atoms. The number of nitrogens with one attached hydrogen (secondary N) is 2. The van der Waals surface area contributed by atoms with Gasteiger partial charge >= 0.3 is 0 Å². The molecule has 1 aromatic carbocycles. The Morgan fingerprint density at radius 1 is 1.22 bits per heavy atom. The first-order chi connectivity index (χ1) is 18.0. The normalized spacial score (nSPS) is 18.4. The summed E-state index contributed by atoms with van der Waals surface area (Å²) in [5, 5.41) is 10.2. The number of hydrogen-bond donors (Lipinski definition) is 2. The van der Waals surface area contributed by atoms with Gasteiger partial charge in [-0.3, -0.25) is 14.9 Å². The summed E-state index contributed by atoms with van der Waals surface area (Å²) in [6, 6.07) is 8.18. The van der Waals surface area contributed by atoms with E-state index in [1.807, 2.05) is 17.7 Å². The number of H-pyrrole nitrogens is 1. The summed E-state index contributed by atoms with van der Waals surface area (Å²) in [6.07, 6.45) is 5.16. The molecule has 0 saturated carbocycles. The number of aromatic amines is 1. The van der Waals surface area contributed by atoms with E-state index in [4.69, 9.17) is 16.6 Å². The Kier molecular flexibility index (Phi) is 6.14. The Morgan fingerprint density at radius 3 is 2.84 bits per heavy atom. The van der Waals surface area contributed by atoms with Gasteiger partial charge in [-0.25, -0.2) is 19.3 Å². The number of pyridine rings is 1. The summed E-state index contributed by atoms with van der Waals surface area (Å²) in [7, 11) is 2.00. The van der Waals surface area contributed by atoms with Crippen LogP contribution in [0.15, 0.2) is 49.1 Å². The van der Waals surface area contributed by atoms with Crippen molar-refractivity contribution in [1.82, 2.24) is 44.9 Å². The summed E-state index contributed by atoms with van der Waals surface area (Å²) >= 11 is 7.10. The Morgan fingerprint density at radius 2 is 2.08 bits per heavy atom. The minimum Gasteiger partial charge on any atom is -0.346 e. The average Bonchev–Trinajstić information content (AvgIpc) is 3.63. The highest BCUT2D eigenvalue weighted by Crippen LogP contribution is 2.34. The highest BCUT2D eigenvalue weighted by atomic mass is 35.5. The molecule has 1 saturated heterocycles. The number of piperidine rings is 1. The first-order valence-corrected chi connectivity index (χ1v) is 12.7. The maximum Gasteiger partial charge on any atom is 0.280 e. The van der Waals surface area contributed by atoms with Gasteiger partial charge in [0.15, 0.2) is 10.8 Å². The number of amides is 1. The topological polar surface area (TPSA) is 118 Å². The van der Waals surface area contributed by atoms with E-state index < -0.39 is 0 Å². The summed E-state index contributed by atoms with van der Waals surface area (Å²) in [5.41, 5.74) is 2.41. The molecule has 0 bridgehead atoms. The van der Waals surface area contributed by atoms with Crippen LogP contribution in [0.1, 0.15) is 22.3 Å². The molecule has 6 rings (SSSR count). The fourth-order valence-electron chi connectivity index (χ4n) is 4.85. The second-order valence-corrected chi connectivity index (χ2v) is 10.6. The van der Waals surface area contributed by atoms with Gasteiger partial charge in [0.25, 0.3) is 5.91 Å². The molecule has 1 aliphatic heterocycles. The van der Waals surface area contributed by atoms with Crippen LogP contribution < -0.4 is 5.32 Å². The Labute approximate surface area is 219 Å². The van der Waals surface area contributed by atoms with Crippen molar-refractivity contribution in [2.45, 2.75) is 18.5 Å². The smallest absolute Gasteiger partial charge is 0.280 e. The zero-order chi connectivity index (χ0) is 25.5. The van der Waals surface area contributed by atoms with E-state index in [0.29, 0.717) is 57.3 Å². The van der Waals surface area contributed by atoms with Crippen LogP contribution in [-0.4, -0.2) is 71.7 Å². The summed E-state index contributed by atoms with van der Waals surface area (Å²) in [5.74, 6) is 0.395. The van der Waals surface area contributed by atoms with Crippen molar-refractivity contribution in [2.24, 2.45) is 0 Å². The number of likely N-dealkylation sites (tertiary alicyclic amines) is 1. The number of imidazole rings is 1. The molecular weight excluding hydrogens is 517 g/mol. The number of carbonyl (C=O) groups excluding carboxylic acids is 1. The van der Waals surface area contributed by atoms with Crippen molar-refractivity contribution in [1.29, 1.82) is 0 Å². The molecule has 2 N–H and O–H groups in total. The summed E-state index contributed by atoms with van der Waals surface area (Å²) < 4.78 is 17.5. The molecule has 13 heteroatoms. The zero-order valence-electron chi connectivity index (χ0n) is 19.6. The van der Waals surface area contributed by atoms with Gasteiger partial charge in [0.05, 0.1) is 29.5 Å². The highest BCUT2D eigenvalue weighted by Gasteiger charge is 2.32. The van der Waals surface area contributed by atoms with Gasteiger partial charge in [-0.1, -0.05) is 35.1 Å². The van der Waals surface area contributed by atoms with Crippen molar-refractivity contribution >= 4 is 39.9 Å². The van der Waals surface area contributed by atoms with Crippen molar-refractivity contribution in [3.63, 3.8) is 0 Å². The fourth-order valence-corrected chi connectivity index (χ4v) is 5.66. The third-order valence-corrected chi connectivity index (χ3v) is 7.45. The Balaban J connectivity index is 1.42. The van der Waals surface area contributed by atoms with Crippen molar-refractivity contribution in [2.75, 3.05) is 20.1 Å². The van der Waals surface area contributed by atoms with Crippen LogP contribution in [0, 0.1) is 5.82 Å². The molecule has 188 valence electrons. The lowest BCUT2D eigenvalue weighted by molar-refractivity contribution is 0.0893. The minimum absolute atomic E-state index is 0.117. The number of aromatic nitrogens is 7. The Hall–Kier alpha value is -3.74. The van der Waals surface area contributed by atoms with Crippen molar-refractivity contribution < 1.29 is 9.18 Å². The molecule has 1 amide bonds. The van der Waals surface area contributed by atoms with E-state index in [0.717, 1.165) is 16.9 Å². The molecule has 5 heterocycles. The lowest BCUT2D eigenvalue weighted by Crippen LogP contribution is -2.50. The molecule has 0 aliphatic carbocycles. The summed E-state index contributed by atoms with van der Waals surface area (Å²) in [4.78, 5) is 32.5. The third-order valence-electron chi connectivity index (χ3n) is 6.33. The van der Waals surface area contributed by atoms with E-state index >= 15 is 0 Å².